The van der Waals surface area contributed by atoms with Crippen molar-refractivity contribution in [3.8, 4) is 5.75 Å². The number of thiophene rings is 1. The Hall–Kier alpha value is -1.92. The van der Waals surface area contributed by atoms with Crippen molar-refractivity contribution in [2.24, 2.45) is 0 Å². The maximum absolute atomic E-state index is 11.5. The van der Waals surface area contributed by atoms with Crippen LogP contribution in [0.1, 0.15) is 23.0 Å². The highest BCUT2D eigenvalue weighted by Crippen LogP contribution is 2.22. The van der Waals surface area contributed by atoms with Gasteiger partial charge in [0.1, 0.15) is 5.75 Å². The zero-order valence-electron chi connectivity index (χ0n) is 11.1. The second-order valence-corrected chi connectivity index (χ2v) is 5.22. The number of nitrogens with one attached hydrogen (secondary N) is 1. The highest BCUT2D eigenvalue weighted by Gasteiger charge is 2.17. The summed E-state index contributed by atoms with van der Waals surface area (Å²) in [6.45, 7) is 0.514. The lowest BCUT2D eigenvalue weighted by atomic mass is 10.1. The molecule has 2 N–H and O–H groups in total. The van der Waals surface area contributed by atoms with E-state index in [0.717, 1.165) is 10.6 Å². The van der Waals surface area contributed by atoms with Crippen LogP contribution in [0.15, 0.2) is 35.8 Å². The van der Waals surface area contributed by atoms with Crippen LogP contribution in [0.3, 0.4) is 0 Å². The molecule has 0 saturated carbocycles. The number of carbonyl (C=O) groups is 1. The predicted octanol–water partition coefficient (Wildman–Crippen LogP) is 2.24. The van der Waals surface area contributed by atoms with Crippen LogP contribution in [0.5, 0.6) is 5.75 Å². The van der Waals surface area contributed by atoms with E-state index in [4.69, 9.17) is 4.74 Å². The van der Waals surface area contributed by atoms with E-state index in [-0.39, 0.29) is 24.2 Å². The van der Waals surface area contributed by atoms with Crippen LogP contribution in [0.2, 0.25) is 0 Å². The molecule has 2 aromatic heterocycles. The molecule has 0 saturated heterocycles. The van der Waals surface area contributed by atoms with Crippen LogP contribution in [0.4, 0.5) is 0 Å². The van der Waals surface area contributed by atoms with Crippen LogP contribution >= 0.6 is 11.3 Å². The normalized spacial score (nSPS) is 12.1. The summed E-state index contributed by atoms with van der Waals surface area (Å²) in [4.78, 5) is 16.7. The molecular formula is C14H16N2O3S. The summed E-state index contributed by atoms with van der Waals surface area (Å²) >= 11 is 1.59. The van der Waals surface area contributed by atoms with Gasteiger partial charge in [-0.05, 0) is 23.6 Å². The van der Waals surface area contributed by atoms with Gasteiger partial charge in [-0.1, -0.05) is 6.07 Å². The predicted molar refractivity (Wildman–Crippen MR) is 76.4 cm³/mol. The molecule has 0 radical (unpaired) electrons. The Kier molecular flexibility index (Phi) is 5.09. The number of nitrogens with zero attached hydrogens (tertiary/aromatic N) is 1. The van der Waals surface area contributed by atoms with E-state index in [1.165, 1.54) is 13.3 Å². The monoisotopic (exact) mass is 292 g/mol. The third kappa shape index (κ3) is 4.04. The fourth-order valence-electron chi connectivity index (χ4n) is 1.76. The molecule has 0 aromatic carbocycles. The Bertz CT molecular complexity index is 540. The van der Waals surface area contributed by atoms with Crippen molar-refractivity contribution in [1.29, 1.82) is 0 Å². The van der Waals surface area contributed by atoms with Gasteiger partial charge in [0, 0.05) is 11.4 Å². The fraction of sp³-hybridized carbons (Fsp3) is 0.286. The zero-order valence-corrected chi connectivity index (χ0v) is 11.9. The lowest BCUT2D eigenvalue weighted by Gasteiger charge is -2.16. The number of methoxy groups -OCH3 is 1. The van der Waals surface area contributed by atoms with Crippen LogP contribution in [0.25, 0.3) is 0 Å². The largest absolute Gasteiger partial charge is 0.506 e. The van der Waals surface area contributed by atoms with Gasteiger partial charge in [-0.2, -0.15) is 0 Å². The Balaban J connectivity index is 2.00. The molecule has 0 bridgehead atoms. The van der Waals surface area contributed by atoms with Gasteiger partial charge in [0.05, 0.1) is 31.5 Å². The topological polar surface area (TPSA) is 71.5 Å². The van der Waals surface area contributed by atoms with Gasteiger partial charge < -0.3 is 15.2 Å². The maximum Gasteiger partial charge on any atom is 0.307 e. The molecule has 2 heterocycles. The number of hydrogen-bond acceptors (Lipinski definition) is 6. The minimum absolute atomic E-state index is 0.0990. The summed E-state index contributed by atoms with van der Waals surface area (Å²) in [6, 6.07) is 7.16. The summed E-state index contributed by atoms with van der Waals surface area (Å²) in [7, 11) is 1.38. The number of ether oxygens (including phenoxy) is 1. The molecule has 0 fully saturated rings. The van der Waals surface area contributed by atoms with Crippen LogP contribution in [0, 0.1) is 0 Å². The van der Waals surface area contributed by atoms with Gasteiger partial charge in [0.2, 0.25) is 0 Å². The molecule has 5 nitrogen and oxygen atoms in total. The molecule has 1 unspecified atom stereocenters. The number of aromatic nitrogens is 1. The third-order valence-corrected chi connectivity index (χ3v) is 3.81. The van der Waals surface area contributed by atoms with Gasteiger partial charge >= 0.3 is 5.97 Å². The number of hydrogen-bond donors (Lipinski definition) is 2. The summed E-state index contributed by atoms with van der Waals surface area (Å²) in [5.74, 6) is -0.118. The van der Waals surface area contributed by atoms with Crippen LogP contribution < -0.4 is 5.32 Å². The molecule has 2 rings (SSSR count). The number of aromatic hydroxyl groups is 1. The Morgan fingerprint density at radius 2 is 2.35 bits per heavy atom. The number of carbonyl (C=O) groups excluding carboxylic acids is 1. The molecule has 0 spiro atoms. The van der Waals surface area contributed by atoms with Crippen LogP contribution in [-0.4, -0.2) is 23.2 Å². The van der Waals surface area contributed by atoms with Gasteiger partial charge in [0.15, 0.2) is 0 Å². The van der Waals surface area contributed by atoms with E-state index in [2.05, 4.69) is 10.3 Å². The molecule has 6 heteroatoms. The third-order valence-electron chi connectivity index (χ3n) is 2.82. The Morgan fingerprint density at radius 1 is 1.50 bits per heavy atom. The summed E-state index contributed by atoms with van der Waals surface area (Å²) < 4.78 is 4.72. The molecule has 20 heavy (non-hydrogen) atoms. The first-order valence-corrected chi connectivity index (χ1v) is 7.04. The summed E-state index contributed by atoms with van der Waals surface area (Å²) in [5, 5.41) is 14.5. The minimum atomic E-state index is -0.255. The van der Waals surface area contributed by atoms with Gasteiger partial charge in [-0.3, -0.25) is 9.78 Å². The molecule has 0 aliphatic rings. The number of esters is 1. The van der Waals surface area contributed by atoms with E-state index >= 15 is 0 Å². The smallest absolute Gasteiger partial charge is 0.307 e. The lowest BCUT2D eigenvalue weighted by molar-refractivity contribution is -0.141. The lowest BCUT2D eigenvalue weighted by Crippen LogP contribution is -2.23. The van der Waals surface area contributed by atoms with Crippen molar-refractivity contribution < 1.29 is 14.6 Å². The second-order valence-electron chi connectivity index (χ2n) is 4.24. The standard InChI is InChI=1S/C14H16N2O3S/c1-19-14(18)7-12(13-3-2-6-20-13)16-8-10-4-5-11(17)9-15-10/h2-6,9,12,16-17H,7-8H2,1H3. The molecule has 1 atom stereocenters. The van der Waals surface area contributed by atoms with Crippen molar-refractivity contribution in [3.05, 3.63) is 46.4 Å². The Morgan fingerprint density at radius 3 is 2.95 bits per heavy atom. The van der Waals surface area contributed by atoms with Gasteiger partial charge in [0.25, 0.3) is 0 Å². The van der Waals surface area contributed by atoms with E-state index in [1.807, 2.05) is 17.5 Å². The molecule has 2 aromatic rings. The first-order chi connectivity index (χ1) is 9.69. The zero-order chi connectivity index (χ0) is 14.4. The number of pyridine rings is 1. The minimum Gasteiger partial charge on any atom is -0.506 e. The summed E-state index contributed by atoms with van der Waals surface area (Å²) in [6.07, 6.45) is 1.67. The van der Waals surface area contributed by atoms with E-state index in [9.17, 15) is 9.90 Å². The van der Waals surface area contributed by atoms with Crippen molar-refractivity contribution >= 4 is 17.3 Å². The average molecular weight is 292 g/mol. The highest BCUT2D eigenvalue weighted by atomic mass is 32.1. The average Bonchev–Trinajstić information content (AvgIpc) is 2.99. The first kappa shape index (κ1) is 14.5. The molecule has 0 aliphatic heterocycles. The van der Waals surface area contributed by atoms with Gasteiger partial charge in [-0.15, -0.1) is 11.3 Å². The van der Waals surface area contributed by atoms with Gasteiger partial charge in [-0.25, -0.2) is 0 Å². The fourth-order valence-corrected chi connectivity index (χ4v) is 2.56. The maximum atomic E-state index is 11.5. The molecule has 106 valence electrons. The molecular weight excluding hydrogens is 276 g/mol. The Labute approximate surface area is 121 Å². The van der Waals surface area contributed by atoms with Crippen LogP contribution in [-0.2, 0) is 16.1 Å². The second kappa shape index (κ2) is 7.02. The van der Waals surface area contributed by atoms with E-state index < -0.39 is 0 Å². The van der Waals surface area contributed by atoms with E-state index in [0.29, 0.717) is 6.54 Å². The SMILES string of the molecule is COC(=O)CC(NCc1ccc(O)cn1)c1cccs1. The summed E-state index contributed by atoms with van der Waals surface area (Å²) in [5.41, 5.74) is 0.800. The first-order valence-electron chi connectivity index (χ1n) is 6.16. The quantitative estimate of drug-likeness (QED) is 0.799. The molecule has 0 amide bonds. The van der Waals surface area contributed by atoms with Crippen molar-refractivity contribution in [1.82, 2.24) is 10.3 Å². The number of rotatable bonds is 6. The van der Waals surface area contributed by atoms with Crippen molar-refractivity contribution in [2.45, 2.75) is 19.0 Å². The van der Waals surface area contributed by atoms with Crippen molar-refractivity contribution in [3.63, 3.8) is 0 Å². The highest BCUT2D eigenvalue weighted by molar-refractivity contribution is 7.10. The molecule has 0 aliphatic carbocycles. The van der Waals surface area contributed by atoms with Crippen molar-refractivity contribution in [2.75, 3.05) is 7.11 Å². The van der Waals surface area contributed by atoms with E-state index in [1.54, 1.807) is 23.5 Å².